The molecule has 3 aromatic rings. The van der Waals surface area contributed by atoms with Gasteiger partial charge >= 0.3 is 5.97 Å². The molecule has 2 saturated heterocycles. The number of aliphatic carboxylic acids is 1. The van der Waals surface area contributed by atoms with Crippen molar-refractivity contribution in [2.24, 2.45) is 5.92 Å². The number of piperidine rings is 2. The molecule has 3 heterocycles. The van der Waals surface area contributed by atoms with Crippen LogP contribution in [0.1, 0.15) is 47.2 Å². The van der Waals surface area contributed by atoms with E-state index >= 15 is 0 Å². The van der Waals surface area contributed by atoms with Crippen LogP contribution in [0.15, 0.2) is 54.9 Å². The maximum atomic E-state index is 13.7. The average molecular weight is 678 g/mol. The van der Waals surface area contributed by atoms with Gasteiger partial charge < -0.3 is 20.6 Å². The molecule has 3 fully saturated rings. The van der Waals surface area contributed by atoms with Crippen LogP contribution in [-0.2, 0) is 27.2 Å². The van der Waals surface area contributed by atoms with Crippen LogP contribution in [-0.4, -0.2) is 56.8 Å². The number of benzene rings is 2. The molecule has 6 rings (SSSR count). The Morgan fingerprint density at radius 2 is 1.50 bits per heavy atom. The minimum absolute atomic E-state index is 0.0126. The third-order valence-corrected chi connectivity index (χ3v) is 9.46. The molecule has 44 heavy (non-hydrogen) atoms. The molecular weight excluding hydrogens is 650 g/mol. The Labute approximate surface area is 273 Å². The van der Waals surface area contributed by atoms with E-state index in [-0.39, 0.29) is 46.3 Å². The zero-order chi connectivity index (χ0) is 31.5. The number of carboxylic acids is 1. The molecule has 3 aliphatic rings. The predicted molar refractivity (Wildman–Crippen MR) is 168 cm³/mol. The van der Waals surface area contributed by atoms with E-state index in [1.165, 1.54) is 12.4 Å². The van der Waals surface area contributed by atoms with Crippen molar-refractivity contribution in [1.82, 2.24) is 15.2 Å². The van der Waals surface area contributed by atoms with Crippen molar-refractivity contribution in [3.8, 4) is 0 Å². The van der Waals surface area contributed by atoms with Crippen molar-refractivity contribution < 1.29 is 24.3 Å². The zero-order valence-electron chi connectivity index (χ0n) is 23.2. The minimum Gasteiger partial charge on any atom is -0.480 e. The Balaban J connectivity index is 1.27. The van der Waals surface area contributed by atoms with Crippen LogP contribution < -0.4 is 10.6 Å². The van der Waals surface area contributed by atoms with E-state index < -0.39 is 29.9 Å². The van der Waals surface area contributed by atoms with Gasteiger partial charge in [-0.05, 0) is 67.0 Å². The molecule has 13 heteroatoms. The Bertz CT molecular complexity index is 1550. The average Bonchev–Trinajstić information content (AvgIpc) is 2.99. The summed E-state index contributed by atoms with van der Waals surface area (Å²) >= 11 is 24.8. The van der Waals surface area contributed by atoms with Gasteiger partial charge in [0.1, 0.15) is 12.1 Å². The summed E-state index contributed by atoms with van der Waals surface area (Å²) in [5.74, 6) is -2.58. The monoisotopic (exact) mass is 676 g/mol. The normalized spacial score (nSPS) is 19.7. The lowest BCUT2D eigenvalue weighted by molar-refractivity contribution is -0.154. The SMILES string of the molecule is O=C(Nc1ccc(CC(NC(=O)C2C3CCC(CC3)N2C(=O)Cc2c(Cl)cccc2Cl)C(=O)O)cc1)c1c(Cl)cncc1Cl. The molecule has 1 aliphatic carbocycles. The van der Waals surface area contributed by atoms with Crippen LogP contribution in [0.4, 0.5) is 5.69 Å². The lowest BCUT2D eigenvalue weighted by atomic mass is 9.74. The quantitative estimate of drug-likeness (QED) is 0.252. The van der Waals surface area contributed by atoms with Crippen LogP contribution >= 0.6 is 46.4 Å². The number of carbonyl (C=O) groups is 4. The molecule has 0 spiro atoms. The van der Waals surface area contributed by atoms with Gasteiger partial charge in [0.2, 0.25) is 11.8 Å². The molecule has 2 atom stereocenters. The number of carbonyl (C=O) groups excluding carboxylic acids is 3. The van der Waals surface area contributed by atoms with E-state index in [4.69, 9.17) is 46.4 Å². The first kappa shape index (κ1) is 32.0. The second-order valence-electron chi connectivity index (χ2n) is 10.9. The molecule has 1 aromatic heterocycles. The first-order valence-corrected chi connectivity index (χ1v) is 15.5. The highest BCUT2D eigenvalue weighted by atomic mass is 35.5. The van der Waals surface area contributed by atoms with E-state index in [1.54, 1.807) is 47.4 Å². The zero-order valence-corrected chi connectivity index (χ0v) is 26.3. The fourth-order valence-electron chi connectivity index (χ4n) is 6.03. The van der Waals surface area contributed by atoms with Crippen molar-refractivity contribution in [2.75, 3.05) is 5.32 Å². The minimum atomic E-state index is -1.24. The largest absolute Gasteiger partial charge is 0.480 e. The molecule has 0 radical (unpaired) electrons. The van der Waals surface area contributed by atoms with Gasteiger partial charge in [0, 0.05) is 40.6 Å². The molecule has 230 valence electrons. The van der Waals surface area contributed by atoms with Crippen molar-refractivity contribution in [3.63, 3.8) is 0 Å². The van der Waals surface area contributed by atoms with Crippen molar-refractivity contribution >= 4 is 75.8 Å². The second-order valence-corrected chi connectivity index (χ2v) is 12.6. The van der Waals surface area contributed by atoms with E-state index in [9.17, 15) is 24.3 Å². The van der Waals surface area contributed by atoms with Crippen molar-refractivity contribution in [3.05, 3.63) is 91.6 Å². The van der Waals surface area contributed by atoms with Crippen LogP contribution in [0, 0.1) is 5.92 Å². The molecule has 3 N–H and O–H groups in total. The Hall–Kier alpha value is -3.37. The van der Waals surface area contributed by atoms with E-state index in [2.05, 4.69) is 15.6 Å². The first-order valence-electron chi connectivity index (χ1n) is 14.0. The van der Waals surface area contributed by atoms with Crippen LogP contribution in [0.5, 0.6) is 0 Å². The van der Waals surface area contributed by atoms with Gasteiger partial charge in [-0.25, -0.2) is 4.79 Å². The summed E-state index contributed by atoms with van der Waals surface area (Å²) in [5.41, 5.74) is 1.63. The number of hydrogen-bond donors (Lipinski definition) is 3. The number of aromatic nitrogens is 1. The van der Waals surface area contributed by atoms with Crippen LogP contribution in [0.3, 0.4) is 0 Å². The summed E-state index contributed by atoms with van der Waals surface area (Å²) < 4.78 is 0. The highest BCUT2D eigenvalue weighted by Crippen LogP contribution is 2.40. The van der Waals surface area contributed by atoms with Crippen molar-refractivity contribution in [2.45, 2.75) is 56.7 Å². The number of pyridine rings is 1. The Kier molecular flexibility index (Phi) is 10.00. The number of hydrogen-bond acceptors (Lipinski definition) is 5. The number of nitrogens with one attached hydrogen (secondary N) is 2. The number of halogens is 4. The summed E-state index contributed by atoms with van der Waals surface area (Å²) in [7, 11) is 0. The smallest absolute Gasteiger partial charge is 0.326 e. The predicted octanol–water partition coefficient (Wildman–Crippen LogP) is 6.07. The number of fused-ring (bicyclic) bond motifs is 3. The molecule has 1 saturated carbocycles. The van der Waals surface area contributed by atoms with Gasteiger partial charge in [-0.3, -0.25) is 19.4 Å². The molecule has 2 bridgehead atoms. The third-order valence-electron chi connectivity index (χ3n) is 8.17. The molecule has 3 amide bonds. The van der Waals surface area contributed by atoms with Gasteiger partial charge in [-0.1, -0.05) is 64.6 Å². The van der Waals surface area contributed by atoms with Crippen LogP contribution in [0.25, 0.3) is 0 Å². The number of nitrogens with zero attached hydrogens (tertiary/aromatic N) is 2. The van der Waals surface area contributed by atoms with Gasteiger partial charge in [0.25, 0.3) is 5.91 Å². The second kappa shape index (κ2) is 13.7. The molecule has 2 aromatic carbocycles. The maximum absolute atomic E-state index is 13.7. The van der Waals surface area contributed by atoms with E-state index in [0.717, 1.165) is 25.7 Å². The maximum Gasteiger partial charge on any atom is 0.326 e. The standard InChI is InChI=1S/C31H28Cl4N4O5/c32-21-2-1-3-22(33)20(21)13-26(40)39-19-10-6-17(7-11-19)28(39)30(42)38-25(31(43)44)12-16-4-8-18(9-5-16)37-29(41)27-23(34)14-36-15-24(27)35/h1-5,8-9,14-15,17,19,25,28H,6-7,10-13H2,(H,37,41)(H,38,42)(H,43,44). The Morgan fingerprint density at radius 3 is 2.09 bits per heavy atom. The van der Waals surface area contributed by atoms with E-state index in [1.807, 2.05) is 0 Å². The third kappa shape index (κ3) is 6.96. The number of amides is 3. The van der Waals surface area contributed by atoms with Crippen molar-refractivity contribution in [1.29, 1.82) is 0 Å². The molecular formula is C31H28Cl4N4O5. The number of rotatable bonds is 9. The summed E-state index contributed by atoms with van der Waals surface area (Å²) in [5, 5.41) is 16.3. The fraction of sp³-hybridized carbons (Fsp3) is 0.323. The summed E-state index contributed by atoms with van der Waals surface area (Å²) in [6.07, 6.45) is 5.67. The fourth-order valence-corrected chi connectivity index (χ4v) is 7.10. The first-order chi connectivity index (χ1) is 21.0. The van der Waals surface area contributed by atoms with Crippen LogP contribution in [0.2, 0.25) is 20.1 Å². The topological polar surface area (TPSA) is 129 Å². The summed E-state index contributed by atoms with van der Waals surface area (Å²) in [6.45, 7) is 0. The molecule has 2 unspecified atom stereocenters. The lowest BCUT2D eigenvalue weighted by Gasteiger charge is -2.50. The number of anilines is 1. The summed E-state index contributed by atoms with van der Waals surface area (Å²) in [6, 6.07) is 9.39. The summed E-state index contributed by atoms with van der Waals surface area (Å²) in [4.78, 5) is 57.6. The van der Waals surface area contributed by atoms with Gasteiger partial charge in [0.15, 0.2) is 0 Å². The van der Waals surface area contributed by atoms with Gasteiger partial charge in [0.05, 0.1) is 22.0 Å². The Morgan fingerprint density at radius 1 is 0.886 bits per heavy atom. The lowest BCUT2D eigenvalue weighted by Crippen LogP contribution is -2.64. The highest BCUT2D eigenvalue weighted by molar-refractivity contribution is 6.40. The van der Waals surface area contributed by atoms with Gasteiger partial charge in [-0.15, -0.1) is 0 Å². The number of carboxylic acid groups (broad SMARTS) is 1. The molecule has 2 aliphatic heterocycles. The van der Waals surface area contributed by atoms with Gasteiger partial charge in [-0.2, -0.15) is 0 Å². The van der Waals surface area contributed by atoms with E-state index in [0.29, 0.717) is 26.9 Å². The molecule has 9 nitrogen and oxygen atoms in total. The highest BCUT2D eigenvalue weighted by Gasteiger charge is 2.48.